The van der Waals surface area contributed by atoms with Crippen LogP contribution in [0.3, 0.4) is 0 Å². The molecule has 8 heteroatoms. The summed E-state index contributed by atoms with van der Waals surface area (Å²) < 4.78 is 9.59. The Labute approximate surface area is 170 Å². The predicted molar refractivity (Wildman–Crippen MR) is 109 cm³/mol. The molecule has 0 spiro atoms. The van der Waals surface area contributed by atoms with Gasteiger partial charge in [0, 0.05) is 6.54 Å². The molecule has 0 bridgehead atoms. The molecule has 0 saturated carbocycles. The maximum Gasteiger partial charge on any atom is 0.308 e. The molecule has 0 aromatic carbocycles. The largest absolute Gasteiger partial charge is 0.481 e. The summed E-state index contributed by atoms with van der Waals surface area (Å²) in [6.45, 7) is 12.4. The van der Waals surface area contributed by atoms with Gasteiger partial charge in [-0.25, -0.2) is 0 Å². The number of esters is 2. The number of likely N-dealkylation sites (N-methyl/N-ethyl adjacent to an activating group) is 1. The fourth-order valence-corrected chi connectivity index (χ4v) is 1.19. The number of carboxylic acids is 1. The van der Waals surface area contributed by atoms with Crippen LogP contribution in [0.15, 0.2) is 0 Å². The average molecular weight is 408 g/mol. The number of hydrogen-bond acceptors (Lipinski definition) is 7. The Morgan fingerprint density at radius 1 is 0.821 bits per heavy atom. The third kappa shape index (κ3) is 20.6. The van der Waals surface area contributed by atoms with Crippen molar-refractivity contribution >= 4 is 17.9 Å². The highest BCUT2D eigenvalue weighted by Gasteiger charge is 2.11. The van der Waals surface area contributed by atoms with Gasteiger partial charge in [-0.3, -0.25) is 14.4 Å². The van der Waals surface area contributed by atoms with Crippen LogP contribution in [0.4, 0.5) is 0 Å². The van der Waals surface area contributed by atoms with Crippen LogP contribution in [-0.4, -0.2) is 61.5 Å². The standard InChI is InChI=1S/C8H17NO2.C7H14O3.C5H10O2/c1-4-7(2)8(10)11-6-5-9-3;1-3-6(2)7(9)10-5-4-8;1-3-4(2)5(6)7/h7,9H,4-6H2,1-3H3;6,8H,3-5H2,1-2H3;4H,3H2,1-2H3,(H,6,7). The van der Waals surface area contributed by atoms with E-state index in [2.05, 4.69) is 10.1 Å². The topological polar surface area (TPSA) is 122 Å². The van der Waals surface area contributed by atoms with E-state index in [1.165, 1.54) is 0 Å². The molecule has 0 rings (SSSR count). The lowest BCUT2D eigenvalue weighted by molar-refractivity contribution is -0.149. The van der Waals surface area contributed by atoms with Crippen molar-refractivity contribution in [2.24, 2.45) is 17.8 Å². The zero-order valence-electron chi connectivity index (χ0n) is 18.6. The van der Waals surface area contributed by atoms with Gasteiger partial charge in [0.05, 0.1) is 24.4 Å². The van der Waals surface area contributed by atoms with Crippen LogP contribution in [-0.2, 0) is 23.9 Å². The summed E-state index contributed by atoms with van der Waals surface area (Å²) in [7, 11) is 1.83. The van der Waals surface area contributed by atoms with Crippen LogP contribution in [0.5, 0.6) is 0 Å². The first-order valence-electron chi connectivity index (χ1n) is 9.94. The molecule has 8 nitrogen and oxygen atoms in total. The second-order valence-electron chi connectivity index (χ2n) is 6.43. The van der Waals surface area contributed by atoms with E-state index in [0.717, 1.165) is 25.8 Å². The molecule has 0 aliphatic carbocycles. The number of hydrogen-bond donors (Lipinski definition) is 3. The lowest BCUT2D eigenvalue weighted by atomic mass is 10.1. The average Bonchev–Trinajstić information content (AvgIpc) is 2.70. The van der Waals surface area contributed by atoms with Crippen LogP contribution in [0.25, 0.3) is 0 Å². The van der Waals surface area contributed by atoms with E-state index in [1.54, 1.807) is 13.8 Å². The Morgan fingerprint density at radius 3 is 1.46 bits per heavy atom. The van der Waals surface area contributed by atoms with Gasteiger partial charge in [0.15, 0.2) is 0 Å². The molecule has 0 radical (unpaired) electrons. The van der Waals surface area contributed by atoms with Gasteiger partial charge in [0.1, 0.15) is 13.2 Å². The summed E-state index contributed by atoms with van der Waals surface area (Å²) in [6, 6.07) is 0. The molecule has 0 fully saturated rings. The number of carboxylic acid groups (broad SMARTS) is 1. The second-order valence-corrected chi connectivity index (χ2v) is 6.43. The van der Waals surface area contributed by atoms with E-state index in [9.17, 15) is 14.4 Å². The Kier molecular flexibility index (Phi) is 24.0. The zero-order chi connectivity index (χ0) is 22.5. The number of carbonyl (C=O) groups excluding carboxylic acids is 2. The number of aliphatic hydroxyl groups excluding tert-OH is 1. The molecule has 168 valence electrons. The maximum absolute atomic E-state index is 11.0. The summed E-state index contributed by atoms with van der Waals surface area (Å²) in [5, 5.41) is 19.4. The van der Waals surface area contributed by atoms with Crippen LogP contribution in [0, 0.1) is 17.8 Å². The lowest BCUT2D eigenvalue weighted by Crippen LogP contribution is -2.20. The van der Waals surface area contributed by atoms with Gasteiger partial charge in [-0.05, 0) is 26.3 Å². The molecule has 28 heavy (non-hydrogen) atoms. The smallest absolute Gasteiger partial charge is 0.308 e. The summed E-state index contributed by atoms with van der Waals surface area (Å²) in [5.41, 5.74) is 0. The van der Waals surface area contributed by atoms with Gasteiger partial charge >= 0.3 is 17.9 Å². The number of carbonyl (C=O) groups is 3. The van der Waals surface area contributed by atoms with E-state index in [4.69, 9.17) is 14.9 Å². The Bertz CT molecular complexity index is 402. The highest BCUT2D eigenvalue weighted by molar-refractivity contribution is 5.72. The molecule has 0 aromatic heterocycles. The first-order chi connectivity index (χ1) is 13.1. The normalized spacial score (nSPS) is 12.9. The molecule has 3 atom stereocenters. The third-order valence-corrected chi connectivity index (χ3v) is 4.00. The van der Waals surface area contributed by atoms with Gasteiger partial charge in [0.25, 0.3) is 0 Å². The number of rotatable bonds is 11. The van der Waals surface area contributed by atoms with Crippen molar-refractivity contribution in [2.45, 2.75) is 60.8 Å². The van der Waals surface area contributed by atoms with Crippen molar-refractivity contribution < 1.29 is 34.1 Å². The summed E-state index contributed by atoms with van der Waals surface area (Å²) in [4.78, 5) is 31.7. The van der Waals surface area contributed by atoms with Gasteiger partial charge in [-0.2, -0.15) is 0 Å². The van der Waals surface area contributed by atoms with Crippen LogP contribution in [0.1, 0.15) is 60.8 Å². The number of ether oxygens (including phenoxy) is 2. The van der Waals surface area contributed by atoms with E-state index in [-0.39, 0.29) is 42.9 Å². The zero-order valence-corrected chi connectivity index (χ0v) is 18.6. The van der Waals surface area contributed by atoms with E-state index in [0.29, 0.717) is 6.61 Å². The first-order valence-corrected chi connectivity index (χ1v) is 9.94. The fourth-order valence-electron chi connectivity index (χ4n) is 1.19. The monoisotopic (exact) mass is 407 g/mol. The fraction of sp³-hybridized carbons (Fsp3) is 0.850. The van der Waals surface area contributed by atoms with Gasteiger partial charge in [-0.1, -0.05) is 41.5 Å². The maximum atomic E-state index is 11.0. The highest BCUT2D eigenvalue weighted by atomic mass is 16.5. The van der Waals surface area contributed by atoms with Crippen molar-refractivity contribution in [1.29, 1.82) is 0 Å². The molecule has 0 aliphatic rings. The predicted octanol–water partition coefficient (Wildman–Crippen LogP) is 2.48. The molecular formula is C20H41NO7. The summed E-state index contributed by atoms with van der Waals surface area (Å²) >= 11 is 0. The van der Waals surface area contributed by atoms with E-state index >= 15 is 0 Å². The van der Waals surface area contributed by atoms with Crippen molar-refractivity contribution in [3.05, 3.63) is 0 Å². The minimum atomic E-state index is -0.706. The van der Waals surface area contributed by atoms with Gasteiger partial charge in [-0.15, -0.1) is 0 Å². The quantitative estimate of drug-likeness (QED) is 0.353. The minimum absolute atomic E-state index is 0.0341. The number of aliphatic hydroxyl groups is 1. The first kappa shape index (κ1) is 31.0. The molecule has 0 aromatic rings. The molecule has 0 saturated heterocycles. The van der Waals surface area contributed by atoms with Crippen molar-refractivity contribution in [3.63, 3.8) is 0 Å². The van der Waals surface area contributed by atoms with Crippen molar-refractivity contribution in [2.75, 3.05) is 33.4 Å². The van der Waals surface area contributed by atoms with Crippen molar-refractivity contribution in [1.82, 2.24) is 5.32 Å². The Morgan fingerprint density at radius 2 is 1.21 bits per heavy atom. The molecule has 3 N–H and O–H groups in total. The third-order valence-electron chi connectivity index (χ3n) is 4.00. The SMILES string of the molecule is CCC(C)C(=O)O.CCC(C)C(=O)OCCNC.CCC(C)C(=O)OCCO. The van der Waals surface area contributed by atoms with Gasteiger partial charge in [0.2, 0.25) is 0 Å². The molecule has 3 unspecified atom stereocenters. The second kappa shape index (κ2) is 21.6. The van der Waals surface area contributed by atoms with Gasteiger partial charge < -0.3 is 25.0 Å². The molecular weight excluding hydrogens is 366 g/mol. The molecule has 0 heterocycles. The Balaban J connectivity index is -0.000000343. The summed E-state index contributed by atoms with van der Waals surface area (Å²) in [5.74, 6) is -1.22. The van der Waals surface area contributed by atoms with Crippen LogP contribution >= 0.6 is 0 Å². The van der Waals surface area contributed by atoms with E-state index in [1.807, 2.05) is 34.7 Å². The Hall–Kier alpha value is -1.67. The minimum Gasteiger partial charge on any atom is -0.481 e. The highest BCUT2D eigenvalue weighted by Crippen LogP contribution is 2.02. The molecule has 0 aliphatic heterocycles. The number of nitrogens with one attached hydrogen (secondary N) is 1. The molecule has 0 amide bonds. The van der Waals surface area contributed by atoms with Crippen LogP contribution < -0.4 is 5.32 Å². The van der Waals surface area contributed by atoms with Crippen molar-refractivity contribution in [3.8, 4) is 0 Å². The summed E-state index contributed by atoms with van der Waals surface area (Å²) in [6.07, 6.45) is 2.35. The van der Waals surface area contributed by atoms with Crippen LogP contribution in [0.2, 0.25) is 0 Å². The lowest BCUT2D eigenvalue weighted by Gasteiger charge is -2.08. The number of aliphatic carboxylic acids is 1. The van der Waals surface area contributed by atoms with E-state index < -0.39 is 5.97 Å².